The normalized spacial score (nSPS) is 13.1. The summed E-state index contributed by atoms with van der Waals surface area (Å²) in [4.78, 5) is 2.41. The zero-order chi connectivity index (χ0) is 34.1. The fourth-order valence-corrected chi connectivity index (χ4v) is 8.41. The van der Waals surface area contributed by atoms with E-state index in [1.807, 2.05) is 0 Å². The molecule has 0 N–H and O–H groups in total. The number of nitrogens with zero attached hydrogens (tertiary/aromatic N) is 2. The van der Waals surface area contributed by atoms with Crippen molar-refractivity contribution in [3.8, 4) is 27.9 Å². The zero-order valence-electron chi connectivity index (χ0n) is 28.7. The average Bonchev–Trinajstić information content (AvgIpc) is 3.63. The largest absolute Gasteiger partial charge is 0.310 e. The van der Waals surface area contributed by atoms with Gasteiger partial charge in [-0.15, -0.1) is 0 Å². The molecule has 0 unspecified atom stereocenters. The third-order valence-corrected chi connectivity index (χ3v) is 11.0. The van der Waals surface area contributed by atoms with Crippen LogP contribution in [-0.2, 0) is 5.41 Å². The second-order valence-electron chi connectivity index (χ2n) is 14.2. The Morgan fingerprint density at radius 3 is 1.90 bits per heavy atom. The minimum Gasteiger partial charge on any atom is -0.310 e. The Labute approximate surface area is 298 Å². The van der Waals surface area contributed by atoms with Crippen molar-refractivity contribution in [1.29, 1.82) is 0 Å². The van der Waals surface area contributed by atoms with E-state index in [0.717, 1.165) is 17.1 Å². The van der Waals surface area contributed by atoms with Gasteiger partial charge in [-0.25, -0.2) is 0 Å². The molecule has 1 aliphatic carbocycles. The first-order chi connectivity index (χ1) is 25.0. The van der Waals surface area contributed by atoms with Crippen LogP contribution in [0.5, 0.6) is 0 Å². The number of rotatable bonds is 5. The molecule has 1 aromatic heterocycles. The molecule has 1 aliphatic rings. The molecule has 1 heterocycles. The van der Waals surface area contributed by atoms with Crippen molar-refractivity contribution < 1.29 is 0 Å². The lowest BCUT2D eigenvalue weighted by Crippen LogP contribution is -2.16. The Morgan fingerprint density at radius 1 is 0.412 bits per heavy atom. The van der Waals surface area contributed by atoms with E-state index < -0.39 is 0 Å². The van der Waals surface area contributed by atoms with Crippen LogP contribution in [0, 0.1) is 0 Å². The van der Waals surface area contributed by atoms with Gasteiger partial charge in [0.1, 0.15) is 0 Å². The summed E-state index contributed by atoms with van der Waals surface area (Å²) in [5.41, 5.74) is 14.8. The highest BCUT2D eigenvalue weighted by Gasteiger charge is 2.35. The SMILES string of the molecule is CC1(C)c2ccccc2-c2ccc(N(c3ccc(-c4ccc5c(c4)c4ccccc4n5-c4ccccc4)cc3)c3ccc4ccccc4c3)cc21. The van der Waals surface area contributed by atoms with Crippen LogP contribution in [0.3, 0.4) is 0 Å². The number of anilines is 3. The van der Waals surface area contributed by atoms with Crippen LogP contribution in [0.15, 0.2) is 182 Å². The van der Waals surface area contributed by atoms with Crippen LogP contribution in [-0.4, -0.2) is 4.57 Å². The Kier molecular flexibility index (Phi) is 6.56. The first-order valence-electron chi connectivity index (χ1n) is 17.8. The number of benzene rings is 8. The minimum absolute atomic E-state index is 0.0802. The van der Waals surface area contributed by atoms with Crippen LogP contribution in [0.25, 0.3) is 60.5 Å². The van der Waals surface area contributed by atoms with Gasteiger partial charge in [0, 0.05) is 38.9 Å². The van der Waals surface area contributed by atoms with Gasteiger partial charge in [-0.05, 0) is 111 Å². The molecule has 51 heavy (non-hydrogen) atoms. The minimum atomic E-state index is -0.0802. The lowest BCUT2D eigenvalue weighted by atomic mass is 9.82. The second kappa shape index (κ2) is 11.3. The molecule has 2 heteroatoms. The van der Waals surface area contributed by atoms with Crippen LogP contribution in [0.4, 0.5) is 17.1 Å². The summed E-state index contributed by atoms with van der Waals surface area (Å²) in [5, 5.41) is 4.99. The maximum absolute atomic E-state index is 2.41. The van der Waals surface area contributed by atoms with Gasteiger partial charge in [0.05, 0.1) is 11.0 Å². The highest BCUT2D eigenvalue weighted by atomic mass is 15.1. The smallest absolute Gasteiger partial charge is 0.0541 e. The van der Waals surface area contributed by atoms with Gasteiger partial charge in [0.25, 0.3) is 0 Å². The molecule has 0 saturated carbocycles. The standard InChI is InChI=1S/C49H36N2/c1-49(2)45-18-10-8-16-41(45)42-28-27-40(32-46(42)49)50(39-26-22-33-12-6-7-13-35(33)30-39)38-24-20-34(21-25-38)36-23-29-48-44(31-36)43-17-9-11-19-47(43)51(48)37-14-4-3-5-15-37/h3-32H,1-2H3. The lowest BCUT2D eigenvalue weighted by molar-refractivity contribution is 0.660. The molecule has 8 aromatic carbocycles. The molecule has 10 rings (SSSR count). The van der Waals surface area contributed by atoms with E-state index in [1.54, 1.807) is 0 Å². The fraction of sp³-hybridized carbons (Fsp3) is 0.0612. The Balaban J connectivity index is 1.09. The van der Waals surface area contributed by atoms with Crippen molar-refractivity contribution in [2.75, 3.05) is 4.90 Å². The van der Waals surface area contributed by atoms with Crippen molar-refractivity contribution in [3.63, 3.8) is 0 Å². The third-order valence-electron chi connectivity index (χ3n) is 11.0. The monoisotopic (exact) mass is 652 g/mol. The number of hydrogen-bond acceptors (Lipinski definition) is 1. The first kappa shape index (κ1) is 29.5. The van der Waals surface area contributed by atoms with Crippen molar-refractivity contribution in [2.45, 2.75) is 19.3 Å². The van der Waals surface area contributed by atoms with Gasteiger partial charge < -0.3 is 9.47 Å². The van der Waals surface area contributed by atoms with Crippen molar-refractivity contribution in [1.82, 2.24) is 4.57 Å². The number of para-hydroxylation sites is 2. The molecule has 0 atom stereocenters. The molecule has 0 fully saturated rings. The summed E-state index contributed by atoms with van der Waals surface area (Å²) < 4.78 is 2.37. The van der Waals surface area contributed by atoms with E-state index in [2.05, 4.69) is 205 Å². The predicted molar refractivity (Wildman–Crippen MR) is 216 cm³/mol. The Morgan fingerprint density at radius 2 is 1.04 bits per heavy atom. The van der Waals surface area contributed by atoms with Crippen LogP contribution < -0.4 is 4.90 Å². The van der Waals surface area contributed by atoms with Gasteiger partial charge >= 0.3 is 0 Å². The molecular formula is C49H36N2. The van der Waals surface area contributed by atoms with Gasteiger partial charge in [0.15, 0.2) is 0 Å². The van der Waals surface area contributed by atoms with Crippen LogP contribution >= 0.6 is 0 Å². The molecule has 0 amide bonds. The fourth-order valence-electron chi connectivity index (χ4n) is 8.41. The molecule has 0 radical (unpaired) electrons. The predicted octanol–water partition coefficient (Wildman–Crippen LogP) is 13.4. The van der Waals surface area contributed by atoms with Gasteiger partial charge in [-0.3, -0.25) is 0 Å². The molecule has 0 saturated heterocycles. The Bertz CT molecular complexity index is 2770. The molecule has 0 bridgehead atoms. The van der Waals surface area contributed by atoms with Gasteiger partial charge in [-0.1, -0.05) is 129 Å². The summed E-state index contributed by atoms with van der Waals surface area (Å²) in [6.45, 7) is 4.70. The van der Waals surface area contributed by atoms with E-state index >= 15 is 0 Å². The van der Waals surface area contributed by atoms with Crippen molar-refractivity contribution in [3.05, 3.63) is 193 Å². The summed E-state index contributed by atoms with van der Waals surface area (Å²) in [5.74, 6) is 0. The number of hydrogen-bond donors (Lipinski definition) is 0. The third kappa shape index (κ3) is 4.64. The van der Waals surface area contributed by atoms with Gasteiger partial charge in [0.2, 0.25) is 0 Å². The summed E-state index contributed by atoms with van der Waals surface area (Å²) in [6, 6.07) is 66.6. The average molecular weight is 653 g/mol. The molecule has 0 aliphatic heterocycles. The molecule has 0 spiro atoms. The highest BCUT2D eigenvalue weighted by Crippen LogP contribution is 2.50. The lowest BCUT2D eigenvalue weighted by Gasteiger charge is -2.28. The summed E-state index contributed by atoms with van der Waals surface area (Å²) in [6.07, 6.45) is 0. The van der Waals surface area contributed by atoms with E-state index in [9.17, 15) is 0 Å². The van der Waals surface area contributed by atoms with Crippen molar-refractivity contribution >= 4 is 49.6 Å². The van der Waals surface area contributed by atoms with E-state index in [0.29, 0.717) is 0 Å². The molecule has 242 valence electrons. The molecule has 2 nitrogen and oxygen atoms in total. The first-order valence-corrected chi connectivity index (χ1v) is 17.8. The molecular weight excluding hydrogens is 617 g/mol. The van der Waals surface area contributed by atoms with Gasteiger partial charge in [-0.2, -0.15) is 0 Å². The van der Waals surface area contributed by atoms with Crippen molar-refractivity contribution in [2.24, 2.45) is 0 Å². The van der Waals surface area contributed by atoms with E-state index in [-0.39, 0.29) is 5.41 Å². The maximum Gasteiger partial charge on any atom is 0.0541 e. The summed E-state index contributed by atoms with van der Waals surface area (Å²) >= 11 is 0. The zero-order valence-corrected chi connectivity index (χ0v) is 28.7. The van der Waals surface area contributed by atoms with Crippen LogP contribution in [0.1, 0.15) is 25.0 Å². The highest BCUT2D eigenvalue weighted by molar-refractivity contribution is 6.10. The summed E-state index contributed by atoms with van der Waals surface area (Å²) in [7, 11) is 0. The Hall–Kier alpha value is -6.38. The topological polar surface area (TPSA) is 8.17 Å². The van der Waals surface area contributed by atoms with E-state index in [4.69, 9.17) is 0 Å². The van der Waals surface area contributed by atoms with Crippen LogP contribution in [0.2, 0.25) is 0 Å². The maximum atomic E-state index is 2.41. The molecule has 9 aromatic rings. The van der Waals surface area contributed by atoms with E-state index in [1.165, 1.54) is 71.6 Å². The quantitative estimate of drug-likeness (QED) is 0.180. The second-order valence-corrected chi connectivity index (χ2v) is 14.2. The number of fused-ring (bicyclic) bond motifs is 7. The number of aromatic nitrogens is 1.